The molecule has 9 heterocycles. The molecule has 0 radical (unpaired) electrons. The predicted octanol–water partition coefficient (Wildman–Crippen LogP) is 9.58. The van der Waals surface area contributed by atoms with Crippen molar-refractivity contribution in [2.24, 2.45) is 5.73 Å². The van der Waals surface area contributed by atoms with Crippen LogP contribution in [0.15, 0.2) is 164 Å². The third-order valence-corrected chi connectivity index (χ3v) is 24.4. The van der Waals surface area contributed by atoms with Gasteiger partial charge in [0.2, 0.25) is 42.2 Å². The zero-order valence-corrected chi connectivity index (χ0v) is 77.1. The Morgan fingerprint density at radius 3 is 1.41 bits per heavy atom. The van der Waals surface area contributed by atoms with Crippen molar-refractivity contribution in [2.45, 2.75) is 165 Å². The van der Waals surface area contributed by atoms with Crippen LogP contribution >= 0.6 is 0 Å². The number of ether oxygens (including phenoxy) is 5. The first kappa shape index (κ1) is 99.2. The van der Waals surface area contributed by atoms with Gasteiger partial charge in [-0.15, -0.1) is 0 Å². The zero-order chi connectivity index (χ0) is 90.8. The summed E-state index contributed by atoms with van der Waals surface area (Å²) in [5.74, 6) is -1.50. The average molecular weight is 1820 g/mol. The standard InChI is InChI=1S/C24H23N3O4.C18H25N3O3.C17H23N3O3.C16H19N3O2.C12H14N2O2.C6H13NO2.CH3.Pd/c1-24(2)23(29)27-17(22(28)26(24)3)11-15-14-6-4-5-7-16(14)25-20(15)21(27)13-8-9-18-19(10-13)31-12-30-18;1-18(2,21(3)4)17(23)20-15(16(22)24-5)10-12-11-19-14-9-7-6-8-13(12)14;1-17(2,18-3)16(22)20-14(15(21)23-4)9-11-10-19-13-8-6-5-7-12(11)13;1-16(2)15(21)18-13(14(20)19(16)3)8-10-9-17-12-7-5-4-6-11(10)12;1-16-12(15)10(13)6-8-7-14-11-5-3-2-4-9(8)11;1-6(2,5(8)9)7(3)4;;/h4-10,17,21,25H,11-12H2,1-3H3;6-9,11,15,19H,10H2,1-5H3,(H,20,23);5-8,10,14,18-19H,9H2,1-4H3,(H,20,22);4-7,9,13,17H,8H2,1-3H3,(H,18,21);2-5,7,10,14H,6,13H2,1H3;1-4H3,(H,8,9);1H3;/q;;;;;;-1;/t17-,21?;15-;14-;13-;10-;;;/m11111.../s1. The van der Waals surface area contributed by atoms with Gasteiger partial charge in [-0.2, -0.15) is 0 Å². The summed E-state index contributed by atoms with van der Waals surface area (Å²) in [5.41, 5.74) is 13.8. The number of H-pyrrole nitrogens is 5. The monoisotopic (exact) mass is 1820 g/mol. The molecule has 5 aromatic heterocycles. The van der Waals surface area contributed by atoms with Gasteiger partial charge < -0.3 is 103 Å². The fourth-order valence-electron chi connectivity index (χ4n) is 14.5. The van der Waals surface area contributed by atoms with E-state index in [2.05, 4.69) is 57.0 Å². The number of carboxylic acid groups (broad SMARTS) is 1. The number of hydrogen-bond acceptors (Lipinski definition) is 19. The summed E-state index contributed by atoms with van der Waals surface area (Å²) in [6.07, 6.45) is 9.71. The number of aliphatic carboxylic acids is 1. The Bertz CT molecular complexity index is 5740. The van der Waals surface area contributed by atoms with E-state index in [9.17, 15) is 47.9 Å². The molecule has 2 saturated heterocycles. The number of carboxylic acids is 1. The Morgan fingerprint density at radius 1 is 0.556 bits per heavy atom. The van der Waals surface area contributed by atoms with E-state index in [0.717, 1.165) is 93.6 Å². The van der Waals surface area contributed by atoms with Gasteiger partial charge >= 0.3 is 23.9 Å². The molecule has 6 atom stereocenters. The minimum Gasteiger partial charge on any atom is -0.480 e. The molecule has 2 fully saturated rings. The van der Waals surface area contributed by atoms with Gasteiger partial charge in [0.05, 0.1) is 38.4 Å². The van der Waals surface area contributed by atoms with Crippen molar-refractivity contribution >= 4 is 114 Å². The molecule has 6 amide bonds. The number of carbonyl (C=O) groups is 10. The van der Waals surface area contributed by atoms with E-state index in [1.54, 1.807) is 105 Å². The number of fused-ring (bicyclic) bond motifs is 9. The quantitative estimate of drug-likeness (QED) is 0.0146. The number of nitrogens with one attached hydrogen (secondary N) is 9. The minimum absolute atomic E-state index is 0. The largest absolute Gasteiger partial charge is 0.480 e. The summed E-state index contributed by atoms with van der Waals surface area (Å²) in [6, 6.07) is 41.8. The Kier molecular flexibility index (Phi) is 32.5. The molecule has 15 rings (SSSR count). The van der Waals surface area contributed by atoms with Crippen LogP contribution in [0.5, 0.6) is 11.5 Å². The second kappa shape index (κ2) is 41.3. The molecule has 31 nitrogen and oxygen atoms in total. The van der Waals surface area contributed by atoms with Crippen LogP contribution in [0.25, 0.3) is 54.5 Å². The maximum absolute atomic E-state index is 13.7. The van der Waals surface area contributed by atoms with Crippen LogP contribution in [0.3, 0.4) is 0 Å². The SMILES string of the molecule is CN(C)C(C)(C)C(=O)O.CN1C(=O)[C@@H](Cc2c[nH]c3ccccc23)NC(=O)C1(C)C.CN1C(=O)[C@H]2Cc3c([nH]c4ccccc34)C(c3ccc4c(c3)OCO4)N2C(=O)C1(C)C.CNC(C)(C)C(=O)N[C@H](Cc1c[nH]c2ccccc12)C(=O)OC.COC(=O)[C@@H](Cc1c[nH]c2ccccc12)NC(=O)C(C)(C)N(C)C.COC(=O)[C@H](N)Cc1c[nH]c2ccccc12.[CH3-].[Pd]. The van der Waals surface area contributed by atoms with Crippen molar-refractivity contribution in [3.05, 3.63) is 211 Å². The topological polar surface area (TPSA) is 406 Å². The van der Waals surface area contributed by atoms with Gasteiger partial charge in [0, 0.05) is 152 Å². The molecule has 1 unspecified atom stereocenters. The molecule has 6 aromatic carbocycles. The van der Waals surface area contributed by atoms with Crippen molar-refractivity contribution in [2.75, 3.05) is 77.5 Å². The normalized spacial score (nSPS) is 16.8. The van der Waals surface area contributed by atoms with E-state index in [1.807, 2.05) is 191 Å². The first-order valence-electron chi connectivity index (χ1n) is 40.8. The molecular formula is C94H120N15O16Pd-. The molecule has 0 bridgehead atoms. The van der Waals surface area contributed by atoms with Gasteiger partial charge in [0.25, 0.3) is 0 Å². The third-order valence-electron chi connectivity index (χ3n) is 24.4. The summed E-state index contributed by atoms with van der Waals surface area (Å²) in [5, 5.41) is 25.3. The van der Waals surface area contributed by atoms with Crippen LogP contribution in [0.2, 0.25) is 0 Å². The fraction of sp³-hybridized carbons (Fsp3) is 0.394. The first-order chi connectivity index (χ1) is 58.5. The summed E-state index contributed by atoms with van der Waals surface area (Å²) in [6.45, 7) is 17.7. The summed E-state index contributed by atoms with van der Waals surface area (Å²) >= 11 is 0. The maximum atomic E-state index is 13.7. The molecule has 0 aliphatic carbocycles. The Balaban J connectivity index is 0.000000192. The van der Waals surface area contributed by atoms with Crippen LogP contribution in [0.4, 0.5) is 0 Å². The maximum Gasteiger partial charge on any atom is 0.328 e. The second-order valence-electron chi connectivity index (χ2n) is 34.0. The summed E-state index contributed by atoms with van der Waals surface area (Å²) < 4.78 is 25.4. The fourth-order valence-corrected chi connectivity index (χ4v) is 14.5. The van der Waals surface area contributed by atoms with Gasteiger partial charge in [0.1, 0.15) is 46.8 Å². The first-order valence-corrected chi connectivity index (χ1v) is 40.8. The van der Waals surface area contributed by atoms with Crippen LogP contribution in [-0.2, 0) is 115 Å². The molecule has 4 aliphatic heterocycles. The smallest absolute Gasteiger partial charge is 0.328 e. The van der Waals surface area contributed by atoms with E-state index in [0.29, 0.717) is 43.6 Å². The average Bonchev–Trinajstić information content (AvgIpc) is 1.43. The molecule has 4 aliphatic rings. The molecule has 0 spiro atoms. The number of benzene rings is 6. The summed E-state index contributed by atoms with van der Waals surface area (Å²) in [4.78, 5) is 147. The van der Waals surface area contributed by atoms with Gasteiger partial charge in [0.15, 0.2) is 11.5 Å². The number of likely N-dealkylation sites (N-methyl/N-ethyl adjacent to an activating group) is 5. The molecule has 0 saturated carbocycles. The molecular weight excluding hydrogens is 1700 g/mol. The van der Waals surface area contributed by atoms with Crippen molar-refractivity contribution in [3.8, 4) is 11.5 Å². The Hall–Kier alpha value is -12.2. The molecule has 126 heavy (non-hydrogen) atoms. The van der Waals surface area contributed by atoms with Gasteiger partial charge in [-0.1, -0.05) is 97.1 Å². The molecule has 32 heteroatoms. The predicted molar refractivity (Wildman–Crippen MR) is 481 cm³/mol. The number of piperazine rings is 2. The van der Waals surface area contributed by atoms with Crippen LogP contribution in [0, 0.1) is 7.43 Å². The summed E-state index contributed by atoms with van der Waals surface area (Å²) in [7, 11) is 16.2. The van der Waals surface area contributed by atoms with Crippen molar-refractivity contribution in [1.29, 1.82) is 0 Å². The number of rotatable bonds is 20. The van der Waals surface area contributed by atoms with E-state index >= 15 is 0 Å². The number of nitrogens with zero attached hydrogens (tertiary/aromatic N) is 5. The zero-order valence-electron chi connectivity index (χ0n) is 75.5. The number of para-hydroxylation sites is 5. The number of esters is 3. The molecule has 12 N–H and O–H groups in total. The number of aromatic amines is 5. The number of hydrogen-bond donors (Lipinski definition) is 11. The van der Waals surface area contributed by atoms with E-state index in [-0.39, 0.29) is 76.1 Å². The number of nitrogens with two attached hydrogens (primary N) is 1. The van der Waals surface area contributed by atoms with Gasteiger partial charge in [-0.3, -0.25) is 48.2 Å². The number of carbonyl (C=O) groups excluding carboxylic acids is 9. The number of aromatic nitrogens is 5. The van der Waals surface area contributed by atoms with E-state index in [4.69, 9.17) is 29.8 Å². The Morgan fingerprint density at radius 2 is 0.968 bits per heavy atom. The van der Waals surface area contributed by atoms with E-state index in [1.165, 1.54) is 26.2 Å². The van der Waals surface area contributed by atoms with Crippen LogP contribution in [-0.4, -0.2) is 249 Å². The Labute approximate surface area is 748 Å². The third kappa shape index (κ3) is 21.5. The van der Waals surface area contributed by atoms with Crippen LogP contribution < -0.4 is 36.5 Å². The van der Waals surface area contributed by atoms with Crippen molar-refractivity contribution < 1.29 is 97.2 Å². The number of methoxy groups -OCH3 is 3. The van der Waals surface area contributed by atoms with Crippen molar-refractivity contribution in [1.82, 2.24) is 70.7 Å². The molecule has 11 aromatic rings. The van der Waals surface area contributed by atoms with Gasteiger partial charge in [-0.25, -0.2) is 9.59 Å². The second-order valence-corrected chi connectivity index (χ2v) is 34.0. The van der Waals surface area contributed by atoms with E-state index < -0.39 is 81.9 Å². The number of amides is 6. The van der Waals surface area contributed by atoms with Gasteiger partial charge in [-0.05, 0) is 180 Å². The van der Waals surface area contributed by atoms with Crippen molar-refractivity contribution in [3.63, 3.8) is 0 Å². The minimum atomic E-state index is -0.925. The molecule has 678 valence electrons. The van der Waals surface area contributed by atoms with Crippen LogP contribution in [0.1, 0.15) is 114 Å².